The topological polar surface area (TPSA) is 12.0 Å². The molecular weight excluding hydrogens is 249 g/mol. The molecule has 0 radical (unpaired) electrons. The normalized spacial score (nSPS) is 12.4. The van der Waals surface area contributed by atoms with Crippen molar-refractivity contribution >= 4 is 0 Å². The largest absolute Gasteiger partial charge is 0.316 e. The first kappa shape index (κ1) is 14.7. The highest BCUT2D eigenvalue weighted by Crippen LogP contribution is 2.25. The lowest BCUT2D eigenvalue weighted by Crippen LogP contribution is -2.07. The van der Waals surface area contributed by atoms with Gasteiger partial charge in [0.25, 0.3) is 0 Å². The maximum absolute atomic E-state index is 13.6. The predicted octanol–water partition coefficient (Wildman–Crippen LogP) is 4.73. The Morgan fingerprint density at radius 1 is 1.05 bits per heavy atom. The molecule has 0 heterocycles. The van der Waals surface area contributed by atoms with Crippen LogP contribution in [0.5, 0.6) is 0 Å². The summed E-state index contributed by atoms with van der Waals surface area (Å²) in [5.74, 6) is 0.427. The van der Waals surface area contributed by atoms with Crippen molar-refractivity contribution in [2.24, 2.45) is 0 Å². The summed E-state index contributed by atoms with van der Waals surface area (Å²) in [5.41, 5.74) is 4.26. The molecular formula is C18H22FN. The van der Waals surface area contributed by atoms with Crippen LogP contribution in [0.4, 0.5) is 4.39 Å². The van der Waals surface area contributed by atoms with E-state index in [1.54, 1.807) is 6.07 Å². The van der Waals surface area contributed by atoms with Crippen molar-refractivity contribution < 1.29 is 4.39 Å². The van der Waals surface area contributed by atoms with E-state index >= 15 is 0 Å². The van der Waals surface area contributed by atoms with Crippen LogP contribution in [-0.4, -0.2) is 7.05 Å². The van der Waals surface area contributed by atoms with E-state index < -0.39 is 0 Å². The highest BCUT2D eigenvalue weighted by molar-refractivity contribution is 5.64. The molecule has 0 spiro atoms. The Kier molecular flexibility index (Phi) is 4.91. The van der Waals surface area contributed by atoms with Crippen LogP contribution < -0.4 is 5.32 Å². The lowest BCUT2D eigenvalue weighted by atomic mass is 9.95. The molecule has 1 nitrogen and oxygen atoms in total. The predicted molar refractivity (Wildman–Crippen MR) is 83.3 cm³/mol. The lowest BCUT2D eigenvalue weighted by molar-refractivity contribution is 0.601. The highest BCUT2D eigenvalue weighted by atomic mass is 19.1. The van der Waals surface area contributed by atoms with Crippen molar-refractivity contribution in [1.29, 1.82) is 0 Å². The minimum atomic E-state index is -0.153. The molecule has 0 bridgehead atoms. The zero-order valence-electron chi connectivity index (χ0n) is 12.4. The summed E-state index contributed by atoms with van der Waals surface area (Å²) >= 11 is 0. The van der Waals surface area contributed by atoms with Gasteiger partial charge in [0.1, 0.15) is 5.82 Å². The Morgan fingerprint density at radius 2 is 1.70 bits per heavy atom. The molecule has 1 N–H and O–H groups in total. The monoisotopic (exact) mass is 271 g/mol. The van der Waals surface area contributed by atoms with Gasteiger partial charge in [0.05, 0.1) is 0 Å². The molecule has 0 amide bonds. The summed E-state index contributed by atoms with van der Waals surface area (Å²) in [6.45, 7) is 4.98. The van der Waals surface area contributed by atoms with Crippen molar-refractivity contribution in [3.8, 4) is 11.1 Å². The molecule has 20 heavy (non-hydrogen) atoms. The summed E-state index contributed by atoms with van der Waals surface area (Å²) in [5, 5.41) is 3.00. The third kappa shape index (κ3) is 3.26. The molecule has 2 heteroatoms. The van der Waals surface area contributed by atoms with Crippen LogP contribution in [0, 0.1) is 5.82 Å². The molecule has 0 aromatic heterocycles. The lowest BCUT2D eigenvalue weighted by Gasteiger charge is -2.11. The van der Waals surface area contributed by atoms with Crippen molar-refractivity contribution in [3.63, 3.8) is 0 Å². The minimum Gasteiger partial charge on any atom is -0.316 e. The molecule has 2 aromatic rings. The third-order valence-electron chi connectivity index (χ3n) is 3.84. The summed E-state index contributed by atoms with van der Waals surface area (Å²) in [6, 6.07) is 13.9. The molecule has 2 aromatic carbocycles. The minimum absolute atomic E-state index is 0.153. The van der Waals surface area contributed by atoms with Crippen LogP contribution in [0.2, 0.25) is 0 Å². The second-order valence-electron chi connectivity index (χ2n) is 5.27. The molecule has 2 rings (SSSR count). The fourth-order valence-electron chi connectivity index (χ4n) is 2.32. The number of nitrogens with one attached hydrogen (secondary N) is 1. The zero-order chi connectivity index (χ0) is 14.5. The van der Waals surface area contributed by atoms with Crippen molar-refractivity contribution in [1.82, 2.24) is 5.32 Å². The second kappa shape index (κ2) is 6.67. The number of rotatable bonds is 5. The van der Waals surface area contributed by atoms with Gasteiger partial charge in [-0.05, 0) is 48.2 Å². The van der Waals surface area contributed by atoms with Crippen molar-refractivity contribution in [2.45, 2.75) is 32.7 Å². The standard InChI is InChI=1S/C18H22FN/c1-4-13(2)14-5-7-15(8-6-14)16-9-10-18(19)17(11-16)12-20-3/h5-11,13,20H,4,12H2,1-3H3. The van der Waals surface area contributed by atoms with Gasteiger partial charge in [-0.1, -0.05) is 44.2 Å². The first-order chi connectivity index (χ1) is 9.65. The Morgan fingerprint density at radius 3 is 2.30 bits per heavy atom. The van der Waals surface area contributed by atoms with Crippen LogP contribution in [0.25, 0.3) is 11.1 Å². The molecule has 0 aliphatic rings. The van der Waals surface area contributed by atoms with Crippen molar-refractivity contribution in [3.05, 3.63) is 59.4 Å². The smallest absolute Gasteiger partial charge is 0.127 e. The van der Waals surface area contributed by atoms with Gasteiger partial charge >= 0.3 is 0 Å². The van der Waals surface area contributed by atoms with Gasteiger partial charge in [0.15, 0.2) is 0 Å². The number of hydrogen-bond acceptors (Lipinski definition) is 1. The third-order valence-corrected chi connectivity index (χ3v) is 3.84. The van der Waals surface area contributed by atoms with E-state index in [9.17, 15) is 4.39 Å². The SMILES string of the molecule is CCC(C)c1ccc(-c2ccc(F)c(CNC)c2)cc1. The fraction of sp³-hybridized carbons (Fsp3) is 0.333. The molecule has 0 saturated carbocycles. The highest BCUT2D eigenvalue weighted by Gasteiger charge is 2.06. The summed E-state index contributed by atoms with van der Waals surface area (Å²) < 4.78 is 13.6. The molecule has 0 aliphatic heterocycles. The molecule has 0 fully saturated rings. The van der Waals surface area contributed by atoms with Gasteiger partial charge in [-0.3, -0.25) is 0 Å². The Balaban J connectivity index is 2.29. The van der Waals surface area contributed by atoms with E-state index in [2.05, 4.69) is 43.4 Å². The quantitative estimate of drug-likeness (QED) is 0.829. The van der Waals surface area contributed by atoms with E-state index in [0.29, 0.717) is 18.0 Å². The zero-order valence-corrected chi connectivity index (χ0v) is 12.4. The molecule has 1 unspecified atom stereocenters. The van der Waals surface area contributed by atoms with Gasteiger partial charge in [0, 0.05) is 12.1 Å². The van der Waals surface area contributed by atoms with E-state index in [1.807, 2.05) is 19.2 Å². The van der Waals surface area contributed by atoms with Gasteiger partial charge in [0.2, 0.25) is 0 Å². The summed E-state index contributed by atoms with van der Waals surface area (Å²) in [6.07, 6.45) is 1.14. The number of hydrogen-bond donors (Lipinski definition) is 1. The van der Waals surface area contributed by atoms with E-state index in [-0.39, 0.29) is 5.82 Å². The van der Waals surface area contributed by atoms with Gasteiger partial charge in [-0.15, -0.1) is 0 Å². The number of benzene rings is 2. The Labute approximate surface area is 120 Å². The summed E-state index contributed by atoms with van der Waals surface area (Å²) in [7, 11) is 1.83. The van der Waals surface area contributed by atoms with Crippen LogP contribution in [0.1, 0.15) is 37.3 Å². The first-order valence-corrected chi connectivity index (χ1v) is 7.19. The van der Waals surface area contributed by atoms with E-state index in [0.717, 1.165) is 17.5 Å². The second-order valence-corrected chi connectivity index (χ2v) is 5.27. The van der Waals surface area contributed by atoms with Gasteiger partial charge in [-0.2, -0.15) is 0 Å². The van der Waals surface area contributed by atoms with Crippen LogP contribution in [-0.2, 0) is 6.54 Å². The van der Waals surface area contributed by atoms with Crippen LogP contribution >= 0.6 is 0 Å². The van der Waals surface area contributed by atoms with E-state index in [1.165, 1.54) is 5.56 Å². The molecule has 0 saturated heterocycles. The average molecular weight is 271 g/mol. The molecule has 1 atom stereocenters. The van der Waals surface area contributed by atoms with Gasteiger partial charge in [-0.25, -0.2) is 4.39 Å². The average Bonchev–Trinajstić information content (AvgIpc) is 2.49. The fourth-order valence-corrected chi connectivity index (χ4v) is 2.32. The maximum atomic E-state index is 13.6. The molecule has 0 aliphatic carbocycles. The maximum Gasteiger partial charge on any atom is 0.127 e. The number of halogens is 1. The van der Waals surface area contributed by atoms with E-state index in [4.69, 9.17) is 0 Å². The van der Waals surface area contributed by atoms with Crippen LogP contribution in [0.3, 0.4) is 0 Å². The Hall–Kier alpha value is -1.67. The van der Waals surface area contributed by atoms with Gasteiger partial charge < -0.3 is 5.32 Å². The summed E-state index contributed by atoms with van der Waals surface area (Å²) in [4.78, 5) is 0. The first-order valence-electron chi connectivity index (χ1n) is 7.19. The van der Waals surface area contributed by atoms with Crippen LogP contribution in [0.15, 0.2) is 42.5 Å². The Bertz CT molecular complexity index is 560. The molecule has 106 valence electrons. The van der Waals surface area contributed by atoms with Crippen molar-refractivity contribution in [2.75, 3.05) is 7.05 Å².